The minimum absolute atomic E-state index is 0. The number of nitrogens with two attached hydrogens (primary N) is 2. The van der Waals surface area contributed by atoms with E-state index in [9.17, 15) is 33.7 Å². The van der Waals surface area contributed by atoms with Crippen molar-refractivity contribution in [2.45, 2.75) is 19.6 Å². The zero-order valence-electron chi connectivity index (χ0n) is 37.1. The smallest absolute Gasteiger partial charge is 0.244 e. The van der Waals surface area contributed by atoms with Gasteiger partial charge < -0.3 is 21.6 Å². The standard InChI is InChI=1S/3C10H8N2.2C7H8ClN3O4S2.2H2O/c3*1-5-11-6-2-9(1)10-3-7-12-8-4-10;2*8-4-1-5-7(2-6(4)16(9,12)13)17(14,15)11-3-10-5;;/h3*1-8H;2*1-2,10-11H,3H2,(H2,9,12,13);2*1H2. The van der Waals surface area contributed by atoms with Gasteiger partial charge in [-0.3, -0.25) is 29.9 Å². The zero-order chi connectivity index (χ0) is 50.4. The Morgan fingerprint density at radius 2 is 0.611 bits per heavy atom. The van der Waals surface area contributed by atoms with Gasteiger partial charge in [-0.15, -0.1) is 0 Å². The van der Waals surface area contributed by atoms with Crippen LogP contribution in [0.1, 0.15) is 0 Å². The number of anilines is 2. The Balaban J connectivity index is 0.000000196. The summed E-state index contributed by atoms with van der Waals surface area (Å²) < 4.78 is 95.8. The van der Waals surface area contributed by atoms with E-state index in [1.54, 1.807) is 74.4 Å². The molecule has 0 unspecified atom stereocenters. The van der Waals surface area contributed by atoms with E-state index in [0.29, 0.717) is 0 Å². The second kappa shape index (κ2) is 26.0. The summed E-state index contributed by atoms with van der Waals surface area (Å²) in [5, 5.41) is 15.1. The van der Waals surface area contributed by atoms with Gasteiger partial charge in [-0.25, -0.2) is 43.9 Å². The quantitative estimate of drug-likeness (QED) is 0.141. The number of nitrogens with one attached hydrogen (secondary N) is 4. The number of hydrogen-bond donors (Lipinski definition) is 6. The van der Waals surface area contributed by atoms with Crippen molar-refractivity contribution in [3.05, 3.63) is 181 Å². The number of primary sulfonamides is 2. The molecule has 0 spiro atoms. The first-order chi connectivity index (χ1) is 33.3. The van der Waals surface area contributed by atoms with E-state index in [1.807, 2.05) is 72.8 Å². The van der Waals surface area contributed by atoms with Crippen molar-refractivity contribution in [1.29, 1.82) is 0 Å². The predicted octanol–water partition coefficient (Wildman–Crippen LogP) is 4.08. The maximum Gasteiger partial charge on any atom is 0.244 e. The Labute approximate surface area is 424 Å². The van der Waals surface area contributed by atoms with Gasteiger partial charge >= 0.3 is 0 Å². The van der Waals surface area contributed by atoms with Gasteiger partial charge in [0.05, 0.1) is 34.8 Å². The summed E-state index contributed by atoms with van der Waals surface area (Å²) >= 11 is 11.4. The normalized spacial score (nSPS) is 13.4. The molecule has 8 aromatic rings. The van der Waals surface area contributed by atoms with Crippen molar-refractivity contribution in [2.75, 3.05) is 24.0 Å². The van der Waals surface area contributed by atoms with Gasteiger partial charge in [0, 0.05) is 74.4 Å². The molecule has 22 nitrogen and oxygen atoms in total. The van der Waals surface area contributed by atoms with E-state index in [1.165, 1.54) is 45.5 Å². The van der Waals surface area contributed by atoms with E-state index in [0.717, 1.165) is 12.1 Å². The largest absolute Gasteiger partial charge is 0.412 e. The van der Waals surface area contributed by atoms with Crippen LogP contribution in [0.3, 0.4) is 0 Å². The molecule has 8 heterocycles. The monoisotopic (exact) mass is 1100 g/mol. The Bertz CT molecular complexity index is 3070. The zero-order valence-corrected chi connectivity index (χ0v) is 41.9. The highest BCUT2D eigenvalue weighted by molar-refractivity contribution is 7.91. The molecule has 12 N–H and O–H groups in total. The Morgan fingerprint density at radius 1 is 0.403 bits per heavy atom. The number of halogens is 2. The fourth-order valence-corrected chi connectivity index (χ4v) is 10.7. The van der Waals surface area contributed by atoms with Crippen molar-refractivity contribution in [2.24, 2.45) is 10.3 Å². The SMILES string of the molecule is NS(=O)(=O)c1cc2c(cc1Cl)NCNS2(=O)=O.NS(=O)(=O)c1cc2c(cc1Cl)NCNS2(=O)=O.O.O.c1cc(-c2ccncc2)ccn1.c1cc(-c2ccncc2)ccn1.c1cc(-c2ccncc2)ccn1. The summed E-state index contributed by atoms with van der Waals surface area (Å²) in [5.74, 6) is 0. The molecule has 0 amide bonds. The molecule has 0 bridgehead atoms. The van der Waals surface area contributed by atoms with Crippen LogP contribution in [-0.2, 0) is 40.1 Å². The van der Waals surface area contributed by atoms with Crippen LogP contribution in [-0.4, -0.2) is 87.9 Å². The van der Waals surface area contributed by atoms with Crippen LogP contribution >= 0.6 is 23.2 Å². The number of sulfonamides is 4. The molecule has 0 atom stereocenters. The van der Waals surface area contributed by atoms with Gasteiger partial charge in [-0.2, -0.15) is 9.44 Å². The maximum atomic E-state index is 11.6. The number of rotatable bonds is 5. The molecule has 2 aliphatic heterocycles. The third-order valence-electron chi connectivity index (χ3n) is 9.42. The number of aromatic nitrogens is 6. The third-order valence-corrected chi connectivity index (χ3v) is 15.1. The number of pyridine rings is 6. The van der Waals surface area contributed by atoms with Crippen molar-refractivity contribution < 1.29 is 44.6 Å². The fourth-order valence-electron chi connectivity index (χ4n) is 6.10. The molecule has 2 aliphatic rings. The second-order valence-corrected chi connectivity index (χ2v) is 21.4. The summed E-state index contributed by atoms with van der Waals surface area (Å²) in [6.45, 7) is 0.0285. The lowest BCUT2D eigenvalue weighted by Crippen LogP contribution is -2.34. The van der Waals surface area contributed by atoms with Crippen LogP contribution in [0, 0.1) is 0 Å². The lowest BCUT2D eigenvalue weighted by molar-refractivity contribution is 0.578. The summed E-state index contributed by atoms with van der Waals surface area (Å²) in [7, 11) is -15.6. The fraction of sp³-hybridized carbons (Fsp3) is 0.0455. The Morgan fingerprint density at radius 3 is 0.806 bits per heavy atom. The molecule has 378 valence electrons. The van der Waals surface area contributed by atoms with Crippen LogP contribution in [0.2, 0.25) is 10.0 Å². The number of benzene rings is 2. The average molecular weight is 1100 g/mol. The van der Waals surface area contributed by atoms with Crippen LogP contribution < -0.4 is 30.4 Å². The summed E-state index contributed by atoms with van der Waals surface area (Å²) in [5.41, 5.74) is 7.52. The number of hydrogen-bond acceptors (Lipinski definition) is 16. The molecular weight excluding hydrogens is 1060 g/mol. The van der Waals surface area contributed by atoms with Crippen molar-refractivity contribution >= 4 is 74.7 Å². The minimum Gasteiger partial charge on any atom is -0.412 e. The second-order valence-electron chi connectivity index (χ2n) is 14.1. The van der Waals surface area contributed by atoms with E-state index in [4.69, 9.17) is 33.5 Å². The van der Waals surface area contributed by atoms with Gasteiger partial charge in [0.1, 0.15) is 19.6 Å². The van der Waals surface area contributed by atoms with Gasteiger partial charge in [-0.05, 0) is 130 Å². The molecule has 0 fully saturated rings. The van der Waals surface area contributed by atoms with Gasteiger partial charge in [-0.1, -0.05) is 23.2 Å². The maximum absolute atomic E-state index is 11.6. The predicted molar refractivity (Wildman–Crippen MR) is 273 cm³/mol. The van der Waals surface area contributed by atoms with Crippen LogP contribution in [0.25, 0.3) is 33.4 Å². The number of nitrogens with zero attached hydrogens (tertiary/aromatic N) is 6. The highest BCUT2D eigenvalue weighted by atomic mass is 35.5. The van der Waals surface area contributed by atoms with E-state index in [2.05, 4.69) is 50.0 Å². The van der Waals surface area contributed by atoms with Crippen molar-refractivity contribution in [3.8, 4) is 33.4 Å². The highest BCUT2D eigenvalue weighted by Crippen LogP contribution is 2.33. The first-order valence-electron chi connectivity index (χ1n) is 19.9. The third kappa shape index (κ3) is 16.0. The minimum atomic E-state index is -4.07. The topological polar surface area (TPSA) is 377 Å². The molecule has 0 aliphatic carbocycles. The molecule has 10 rings (SSSR count). The first-order valence-corrected chi connectivity index (χ1v) is 26.8. The molecule has 0 saturated heterocycles. The molecule has 0 saturated carbocycles. The Hall–Kier alpha value is -6.92. The lowest BCUT2D eigenvalue weighted by Gasteiger charge is -2.20. The summed E-state index contributed by atoms with van der Waals surface area (Å²) in [6.07, 6.45) is 21.4. The molecule has 28 heteroatoms. The summed E-state index contributed by atoms with van der Waals surface area (Å²) in [6, 6.07) is 28.1. The molecule has 72 heavy (non-hydrogen) atoms. The van der Waals surface area contributed by atoms with E-state index >= 15 is 0 Å². The van der Waals surface area contributed by atoms with Crippen molar-refractivity contribution in [1.82, 2.24) is 39.3 Å². The molecule has 2 aromatic carbocycles. The first kappa shape index (κ1) is 57.7. The molecular formula is C44H44Cl2N12O10S4. The van der Waals surface area contributed by atoms with Gasteiger partial charge in [0.15, 0.2) is 0 Å². The molecule has 6 aromatic heterocycles. The van der Waals surface area contributed by atoms with Crippen LogP contribution in [0.4, 0.5) is 11.4 Å². The van der Waals surface area contributed by atoms with Gasteiger partial charge in [0.2, 0.25) is 40.1 Å². The Kier molecular flexibility index (Phi) is 20.8. The molecule has 0 radical (unpaired) electrons. The van der Waals surface area contributed by atoms with Crippen LogP contribution in [0.15, 0.2) is 191 Å². The van der Waals surface area contributed by atoms with E-state index in [-0.39, 0.29) is 55.5 Å². The van der Waals surface area contributed by atoms with E-state index < -0.39 is 49.9 Å². The number of fused-ring (bicyclic) bond motifs is 2. The average Bonchev–Trinajstić information content (AvgIpc) is 3.35. The summed E-state index contributed by atoms with van der Waals surface area (Å²) in [4.78, 5) is 22.5. The van der Waals surface area contributed by atoms with Crippen LogP contribution in [0.5, 0.6) is 0 Å². The van der Waals surface area contributed by atoms with Crippen molar-refractivity contribution in [3.63, 3.8) is 0 Å². The van der Waals surface area contributed by atoms with Gasteiger partial charge in [0.25, 0.3) is 0 Å². The lowest BCUT2D eigenvalue weighted by atomic mass is 10.1. The highest BCUT2D eigenvalue weighted by Gasteiger charge is 2.28.